The van der Waals surface area contributed by atoms with E-state index in [0.717, 1.165) is 18.8 Å². The fraction of sp³-hybridized carbons (Fsp3) is 1.00. The average molecular weight is 481 g/mol. The SMILES string of the molecule is CCCCCCOC1C(F)CC(C2CCC(C34CCC(CCCCC)(CC3)CC4)CC2)CC1F. The zero-order chi connectivity index (χ0) is 24.0. The van der Waals surface area contributed by atoms with Crippen LogP contribution in [0.15, 0.2) is 0 Å². The zero-order valence-corrected chi connectivity index (χ0v) is 22.5. The van der Waals surface area contributed by atoms with Gasteiger partial charge in [0.2, 0.25) is 0 Å². The molecule has 1 nitrogen and oxygen atoms in total. The Hall–Kier alpha value is -0.180. The highest BCUT2D eigenvalue weighted by molar-refractivity contribution is 5.03. The molecule has 0 aromatic rings. The Balaban J connectivity index is 1.20. The monoisotopic (exact) mass is 480 g/mol. The molecule has 0 radical (unpaired) electrons. The maximum absolute atomic E-state index is 14.9. The van der Waals surface area contributed by atoms with Crippen LogP contribution in [0.3, 0.4) is 0 Å². The second-order valence-corrected chi connectivity index (χ2v) is 13.1. The van der Waals surface area contributed by atoms with Crippen molar-refractivity contribution in [2.24, 2.45) is 28.6 Å². The molecule has 0 aromatic heterocycles. The molecule has 0 saturated heterocycles. The van der Waals surface area contributed by atoms with Crippen LogP contribution >= 0.6 is 0 Å². The molecule has 0 aliphatic heterocycles. The number of rotatable bonds is 12. The van der Waals surface area contributed by atoms with E-state index in [9.17, 15) is 8.78 Å². The number of hydrogen-bond acceptors (Lipinski definition) is 1. The van der Waals surface area contributed by atoms with E-state index in [4.69, 9.17) is 4.74 Å². The van der Waals surface area contributed by atoms with E-state index in [1.54, 1.807) is 0 Å². The first-order chi connectivity index (χ1) is 16.5. The predicted molar refractivity (Wildman–Crippen MR) is 139 cm³/mol. The summed E-state index contributed by atoms with van der Waals surface area (Å²) < 4.78 is 35.6. The van der Waals surface area contributed by atoms with Gasteiger partial charge >= 0.3 is 0 Å². The van der Waals surface area contributed by atoms with Crippen LogP contribution in [-0.4, -0.2) is 25.1 Å². The summed E-state index contributed by atoms with van der Waals surface area (Å²) in [6.45, 7) is 5.01. The molecule has 0 heterocycles. The third kappa shape index (κ3) is 6.20. The number of unbranched alkanes of at least 4 members (excludes halogenated alkanes) is 5. The summed E-state index contributed by atoms with van der Waals surface area (Å²) in [5.74, 6) is 1.64. The van der Waals surface area contributed by atoms with Gasteiger partial charge in [0.15, 0.2) is 0 Å². The number of hydrogen-bond donors (Lipinski definition) is 0. The van der Waals surface area contributed by atoms with Crippen molar-refractivity contribution < 1.29 is 13.5 Å². The van der Waals surface area contributed by atoms with Crippen LogP contribution < -0.4 is 0 Å². The van der Waals surface area contributed by atoms with E-state index in [2.05, 4.69) is 13.8 Å². The van der Waals surface area contributed by atoms with Gasteiger partial charge in [-0.3, -0.25) is 0 Å². The van der Waals surface area contributed by atoms with Gasteiger partial charge in [-0.15, -0.1) is 0 Å². The van der Waals surface area contributed by atoms with Gasteiger partial charge < -0.3 is 4.74 Å². The molecule has 5 aliphatic rings. The van der Waals surface area contributed by atoms with Crippen LogP contribution in [0.5, 0.6) is 0 Å². The molecule has 0 aromatic carbocycles. The number of ether oxygens (including phenoxy) is 1. The number of halogens is 2. The highest BCUT2D eigenvalue weighted by atomic mass is 19.1. The Morgan fingerprint density at radius 3 is 1.85 bits per heavy atom. The van der Waals surface area contributed by atoms with Crippen molar-refractivity contribution in [1.82, 2.24) is 0 Å². The van der Waals surface area contributed by atoms with Gasteiger partial charge in [0.05, 0.1) is 0 Å². The van der Waals surface area contributed by atoms with Gasteiger partial charge in [0.25, 0.3) is 0 Å². The van der Waals surface area contributed by atoms with Crippen LogP contribution in [0.2, 0.25) is 0 Å². The Labute approximate surface area is 209 Å². The van der Waals surface area contributed by atoms with Crippen molar-refractivity contribution in [3.8, 4) is 0 Å². The minimum atomic E-state index is -1.12. The van der Waals surface area contributed by atoms with Crippen molar-refractivity contribution in [3.05, 3.63) is 0 Å². The highest BCUT2D eigenvalue weighted by Crippen LogP contribution is 2.63. The molecule has 198 valence electrons. The Kier molecular flexibility index (Phi) is 9.78. The first-order valence-electron chi connectivity index (χ1n) is 15.4. The lowest BCUT2D eigenvalue weighted by Gasteiger charge is -2.58. The molecule has 2 unspecified atom stereocenters. The van der Waals surface area contributed by atoms with Crippen LogP contribution in [0.4, 0.5) is 8.78 Å². The predicted octanol–water partition coefficient (Wildman–Crippen LogP) is 9.77. The normalized spacial score (nSPS) is 42.7. The van der Waals surface area contributed by atoms with E-state index in [1.807, 2.05) is 0 Å². The smallest absolute Gasteiger partial charge is 0.129 e. The first kappa shape index (κ1) is 26.9. The molecule has 5 saturated carbocycles. The average Bonchev–Trinajstić information content (AvgIpc) is 2.86. The summed E-state index contributed by atoms with van der Waals surface area (Å²) in [6.07, 6.45) is 21.9. The lowest BCUT2D eigenvalue weighted by molar-refractivity contribution is -0.0965. The standard InChI is InChI=1S/C31H54F2O/c1-3-5-7-9-21-34-29-27(32)22-25(23-28(29)33)24-10-12-26(13-11-24)31-18-15-30(16-19-31,17-20-31)14-8-6-4-2/h24-29H,3-23H2,1-2H3. The van der Waals surface area contributed by atoms with E-state index in [0.29, 0.717) is 36.2 Å². The van der Waals surface area contributed by atoms with Crippen LogP contribution in [-0.2, 0) is 4.74 Å². The first-order valence-corrected chi connectivity index (χ1v) is 15.4. The summed E-state index contributed by atoms with van der Waals surface area (Å²) in [6, 6.07) is 0. The van der Waals surface area contributed by atoms with Crippen LogP contribution in [0, 0.1) is 28.6 Å². The molecule has 0 N–H and O–H groups in total. The summed E-state index contributed by atoms with van der Waals surface area (Å²) in [7, 11) is 0. The lowest BCUT2D eigenvalue weighted by atomic mass is 9.47. The molecule has 0 spiro atoms. The van der Waals surface area contributed by atoms with Crippen molar-refractivity contribution in [2.75, 3.05) is 6.61 Å². The molecule has 2 atom stereocenters. The fourth-order valence-corrected chi connectivity index (χ4v) is 8.74. The lowest BCUT2D eigenvalue weighted by Crippen LogP contribution is -2.47. The maximum atomic E-state index is 14.9. The quantitative estimate of drug-likeness (QED) is 0.253. The Morgan fingerprint density at radius 2 is 1.26 bits per heavy atom. The Morgan fingerprint density at radius 1 is 0.676 bits per heavy atom. The summed E-state index contributed by atoms with van der Waals surface area (Å²) in [5.41, 5.74) is 1.31. The van der Waals surface area contributed by atoms with Gasteiger partial charge in [0, 0.05) is 6.61 Å². The van der Waals surface area contributed by atoms with E-state index in [1.165, 1.54) is 103 Å². The summed E-state index contributed by atoms with van der Waals surface area (Å²) in [4.78, 5) is 0. The molecule has 2 bridgehead atoms. The molecule has 5 rings (SSSR count). The molecular formula is C31H54F2O. The van der Waals surface area contributed by atoms with Crippen molar-refractivity contribution >= 4 is 0 Å². The van der Waals surface area contributed by atoms with Gasteiger partial charge in [0.1, 0.15) is 18.4 Å². The van der Waals surface area contributed by atoms with E-state index >= 15 is 0 Å². The van der Waals surface area contributed by atoms with Crippen molar-refractivity contribution in [3.63, 3.8) is 0 Å². The second kappa shape index (κ2) is 12.4. The molecule has 34 heavy (non-hydrogen) atoms. The number of alkyl halides is 2. The van der Waals surface area contributed by atoms with Gasteiger partial charge in [-0.1, -0.05) is 52.4 Å². The van der Waals surface area contributed by atoms with E-state index < -0.39 is 18.4 Å². The third-order valence-corrected chi connectivity index (χ3v) is 11.2. The second-order valence-electron chi connectivity index (χ2n) is 13.1. The molecule has 0 amide bonds. The minimum absolute atomic E-state index is 0.229. The van der Waals surface area contributed by atoms with Crippen LogP contribution in [0.1, 0.15) is 142 Å². The van der Waals surface area contributed by atoms with Gasteiger partial charge in [-0.05, 0) is 118 Å². The molecule has 5 fully saturated rings. The highest BCUT2D eigenvalue weighted by Gasteiger charge is 2.52. The van der Waals surface area contributed by atoms with Gasteiger partial charge in [-0.2, -0.15) is 0 Å². The van der Waals surface area contributed by atoms with Crippen LogP contribution in [0.25, 0.3) is 0 Å². The maximum Gasteiger partial charge on any atom is 0.129 e. The minimum Gasteiger partial charge on any atom is -0.372 e. The molecule has 3 heteroatoms. The fourth-order valence-electron chi connectivity index (χ4n) is 8.74. The van der Waals surface area contributed by atoms with Crippen molar-refractivity contribution in [1.29, 1.82) is 0 Å². The Bertz CT molecular complexity index is 562. The molecule has 5 aliphatic carbocycles. The largest absolute Gasteiger partial charge is 0.372 e. The summed E-state index contributed by atoms with van der Waals surface area (Å²) in [5, 5.41) is 0. The topological polar surface area (TPSA) is 9.23 Å². The summed E-state index contributed by atoms with van der Waals surface area (Å²) >= 11 is 0. The van der Waals surface area contributed by atoms with E-state index in [-0.39, 0.29) is 5.92 Å². The zero-order valence-electron chi connectivity index (χ0n) is 22.5. The number of fused-ring (bicyclic) bond motifs is 3. The van der Waals surface area contributed by atoms with Gasteiger partial charge in [-0.25, -0.2) is 8.78 Å². The molecular weight excluding hydrogens is 426 g/mol. The van der Waals surface area contributed by atoms with Crippen molar-refractivity contribution in [2.45, 2.75) is 161 Å². The third-order valence-electron chi connectivity index (χ3n) is 11.2.